The first-order valence-corrected chi connectivity index (χ1v) is 4.84. The third-order valence-electron chi connectivity index (χ3n) is 3.89. The lowest BCUT2D eigenvalue weighted by atomic mass is 9.49. The molecule has 3 aliphatic carbocycles. The lowest BCUT2D eigenvalue weighted by Gasteiger charge is -2.56. The number of fused-ring (bicyclic) bond motifs is 1. The minimum Gasteiger partial charge on any atom is -0.380 e. The Bertz CT molecular complexity index is 215. The molecule has 0 heterocycles. The molecule has 1 nitrogen and oxygen atoms in total. The summed E-state index contributed by atoms with van der Waals surface area (Å²) in [7, 11) is 1.79. The van der Waals surface area contributed by atoms with Gasteiger partial charge in [-0.05, 0) is 35.7 Å². The highest BCUT2D eigenvalue weighted by Crippen LogP contribution is 2.59. The van der Waals surface area contributed by atoms with Gasteiger partial charge in [0.15, 0.2) is 0 Å². The number of rotatable bonds is 2. The Kier molecular flexibility index (Phi) is 1.80. The van der Waals surface area contributed by atoms with Crippen molar-refractivity contribution < 1.29 is 4.74 Å². The van der Waals surface area contributed by atoms with Gasteiger partial charge in [0.25, 0.3) is 0 Å². The van der Waals surface area contributed by atoms with Crippen molar-refractivity contribution in [1.82, 2.24) is 0 Å². The Morgan fingerprint density at radius 1 is 1.58 bits per heavy atom. The van der Waals surface area contributed by atoms with E-state index in [0.29, 0.717) is 5.41 Å². The summed E-state index contributed by atoms with van der Waals surface area (Å²) in [5.74, 6) is 1.76. The number of hydrogen-bond acceptors (Lipinski definition) is 1. The van der Waals surface area contributed by atoms with Crippen molar-refractivity contribution in [3.63, 3.8) is 0 Å². The second-order valence-electron chi connectivity index (χ2n) is 4.75. The molecule has 0 spiro atoms. The van der Waals surface area contributed by atoms with Gasteiger partial charge in [-0.25, -0.2) is 0 Å². The first-order chi connectivity index (χ1) is 5.66. The maximum absolute atomic E-state index is 5.20. The molecule has 3 rings (SSSR count). The zero-order valence-electron chi connectivity index (χ0n) is 8.26. The molecule has 68 valence electrons. The van der Waals surface area contributed by atoms with Crippen LogP contribution in [0.5, 0.6) is 0 Å². The fraction of sp³-hybridized carbons (Fsp3) is 0.818. The van der Waals surface area contributed by atoms with Gasteiger partial charge in [-0.15, -0.1) is 0 Å². The highest BCUT2D eigenvalue weighted by Gasteiger charge is 2.50. The van der Waals surface area contributed by atoms with E-state index in [-0.39, 0.29) is 0 Å². The lowest BCUT2D eigenvalue weighted by molar-refractivity contribution is -0.0147. The molecule has 2 bridgehead atoms. The van der Waals surface area contributed by atoms with Crippen molar-refractivity contribution in [2.75, 3.05) is 13.7 Å². The first kappa shape index (κ1) is 8.31. The Balaban J connectivity index is 2.13. The maximum Gasteiger partial charge on any atom is 0.0675 e. The van der Waals surface area contributed by atoms with Gasteiger partial charge in [-0.1, -0.05) is 19.9 Å². The minimum absolute atomic E-state index is 0.558. The molecule has 0 aliphatic heterocycles. The summed E-state index contributed by atoms with van der Waals surface area (Å²) >= 11 is 0. The molecule has 0 radical (unpaired) electrons. The fourth-order valence-electron chi connectivity index (χ4n) is 2.81. The van der Waals surface area contributed by atoms with Crippen LogP contribution in [0.2, 0.25) is 0 Å². The van der Waals surface area contributed by atoms with E-state index >= 15 is 0 Å². The van der Waals surface area contributed by atoms with Crippen LogP contribution < -0.4 is 0 Å². The molecule has 2 atom stereocenters. The van der Waals surface area contributed by atoms with E-state index in [1.807, 2.05) is 0 Å². The third kappa shape index (κ3) is 0.957. The van der Waals surface area contributed by atoms with Gasteiger partial charge in [0, 0.05) is 7.11 Å². The second kappa shape index (κ2) is 2.59. The van der Waals surface area contributed by atoms with Crippen LogP contribution in [0.1, 0.15) is 26.7 Å². The highest BCUT2D eigenvalue weighted by molar-refractivity contribution is 5.23. The quantitative estimate of drug-likeness (QED) is 0.573. The molecule has 0 aromatic heterocycles. The molecule has 1 fully saturated rings. The normalized spacial score (nSPS) is 37.1. The fourth-order valence-corrected chi connectivity index (χ4v) is 2.81. The smallest absolute Gasteiger partial charge is 0.0675 e. The van der Waals surface area contributed by atoms with Crippen LogP contribution in [0.25, 0.3) is 0 Å². The van der Waals surface area contributed by atoms with Gasteiger partial charge in [-0.2, -0.15) is 0 Å². The van der Waals surface area contributed by atoms with Crippen LogP contribution >= 0.6 is 0 Å². The molecule has 12 heavy (non-hydrogen) atoms. The monoisotopic (exact) mass is 166 g/mol. The van der Waals surface area contributed by atoms with Gasteiger partial charge < -0.3 is 4.74 Å². The van der Waals surface area contributed by atoms with Crippen LogP contribution in [0.4, 0.5) is 0 Å². The summed E-state index contributed by atoms with van der Waals surface area (Å²) in [5, 5.41) is 0. The van der Waals surface area contributed by atoms with E-state index in [4.69, 9.17) is 4.74 Å². The molecular weight excluding hydrogens is 148 g/mol. The van der Waals surface area contributed by atoms with Crippen molar-refractivity contribution in [1.29, 1.82) is 0 Å². The predicted molar refractivity (Wildman–Crippen MR) is 50.0 cm³/mol. The van der Waals surface area contributed by atoms with Gasteiger partial charge in [0.2, 0.25) is 0 Å². The van der Waals surface area contributed by atoms with E-state index < -0.39 is 0 Å². The van der Waals surface area contributed by atoms with Gasteiger partial charge in [-0.3, -0.25) is 0 Å². The van der Waals surface area contributed by atoms with Crippen LogP contribution in [0, 0.1) is 17.3 Å². The SMILES string of the molecule is COCC1=CCC2C[C@@H]1C2(C)C. The topological polar surface area (TPSA) is 9.23 Å². The lowest BCUT2D eigenvalue weighted by Crippen LogP contribution is -2.48. The summed E-state index contributed by atoms with van der Waals surface area (Å²) in [6.45, 7) is 5.64. The molecule has 0 aromatic rings. The molecule has 0 amide bonds. The summed E-state index contributed by atoms with van der Waals surface area (Å²) in [6, 6.07) is 0. The molecule has 0 N–H and O–H groups in total. The molecule has 0 saturated heterocycles. The Morgan fingerprint density at radius 3 is 2.83 bits per heavy atom. The van der Waals surface area contributed by atoms with E-state index in [1.165, 1.54) is 12.8 Å². The molecule has 1 saturated carbocycles. The maximum atomic E-state index is 5.20. The second-order valence-corrected chi connectivity index (χ2v) is 4.75. The largest absolute Gasteiger partial charge is 0.380 e. The third-order valence-corrected chi connectivity index (χ3v) is 3.89. The number of allylic oxidation sites excluding steroid dienone is 1. The summed E-state index contributed by atoms with van der Waals surface area (Å²) < 4.78 is 5.20. The van der Waals surface area contributed by atoms with E-state index in [9.17, 15) is 0 Å². The standard InChI is InChI=1S/C11H18O/c1-11(2)9-5-4-8(7-12-3)10(11)6-9/h4,9-10H,5-7H2,1-3H3/t9?,10-/m0/s1. The summed E-state index contributed by atoms with van der Waals surface area (Å²) in [5.41, 5.74) is 2.10. The van der Waals surface area contributed by atoms with Gasteiger partial charge >= 0.3 is 0 Å². The average molecular weight is 166 g/mol. The van der Waals surface area contributed by atoms with E-state index in [2.05, 4.69) is 19.9 Å². The number of hydrogen-bond donors (Lipinski definition) is 0. The van der Waals surface area contributed by atoms with Crippen molar-refractivity contribution in [3.05, 3.63) is 11.6 Å². The van der Waals surface area contributed by atoms with Crippen molar-refractivity contribution in [2.24, 2.45) is 17.3 Å². The highest BCUT2D eigenvalue weighted by atomic mass is 16.5. The molecule has 0 aromatic carbocycles. The van der Waals surface area contributed by atoms with Crippen LogP contribution in [0.3, 0.4) is 0 Å². The van der Waals surface area contributed by atoms with Gasteiger partial charge in [0.05, 0.1) is 6.61 Å². The van der Waals surface area contributed by atoms with Gasteiger partial charge in [0.1, 0.15) is 0 Å². The first-order valence-electron chi connectivity index (χ1n) is 4.84. The molecule has 1 unspecified atom stereocenters. The predicted octanol–water partition coefficient (Wildman–Crippen LogP) is 2.63. The Morgan fingerprint density at radius 2 is 2.33 bits per heavy atom. The average Bonchev–Trinajstić information content (AvgIpc) is 2.05. The van der Waals surface area contributed by atoms with Crippen LogP contribution in [-0.4, -0.2) is 13.7 Å². The summed E-state index contributed by atoms with van der Waals surface area (Å²) in [4.78, 5) is 0. The van der Waals surface area contributed by atoms with Crippen molar-refractivity contribution in [3.8, 4) is 0 Å². The van der Waals surface area contributed by atoms with E-state index in [1.54, 1.807) is 12.7 Å². The minimum atomic E-state index is 0.558. The van der Waals surface area contributed by atoms with E-state index in [0.717, 1.165) is 18.4 Å². The van der Waals surface area contributed by atoms with Crippen LogP contribution in [-0.2, 0) is 4.74 Å². The zero-order valence-corrected chi connectivity index (χ0v) is 8.26. The van der Waals surface area contributed by atoms with Crippen molar-refractivity contribution >= 4 is 0 Å². The number of ether oxygens (including phenoxy) is 1. The van der Waals surface area contributed by atoms with Crippen molar-refractivity contribution in [2.45, 2.75) is 26.7 Å². The summed E-state index contributed by atoms with van der Waals surface area (Å²) in [6.07, 6.45) is 5.08. The van der Waals surface area contributed by atoms with Crippen LogP contribution in [0.15, 0.2) is 11.6 Å². The molecule has 3 aliphatic rings. The molecule has 1 heteroatoms. The Labute approximate surface area is 74.8 Å². The number of methoxy groups -OCH3 is 1. The molecular formula is C11H18O. The Hall–Kier alpha value is -0.300. The zero-order chi connectivity index (χ0) is 8.77.